The number of hydrogen-bond acceptors (Lipinski definition) is 1. The third-order valence-corrected chi connectivity index (χ3v) is 3.84. The van der Waals surface area contributed by atoms with Crippen LogP contribution in [0.2, 0.25) is 0 Å². The van der Waals surface area contributed by atoms with Crippen molar-refractivity contribution in [2.75, 3.05) is 0 Å². The van der Waals surface area contributed by atoms with E-state index in [0.29, 0.717) is 11.8 Å². The molecule has 3 rings (SSSR count). The summed E-state index contributed by atoms with van der Waals surface area (Å²) in [5, 5.41) is 0. The van der Waals surface area contributed by atoms with Gasteiger partial charge in [0.25, 0.3) is 0 Å². The first kappa shape index (κ1) is 11.0. The van der Waals surface area contributed by atoms with E-state index in [0.717, 1.165) is 29.3 Å². The number of rotatable bonds is 3. The maximum Gasteiger partial charge on any atom is 0.125 e. The lowest BCUT2D eigenvalue weighted by molar-refractivity contribution is 0.588. The lowest BCUT2D eigenvalue weighted by atomic mass is 10.3. The van der Waals surface area contributed by atoms with Crippen molar-refractivity contribution in [1.82, 2.24) is 9.55 Å². The van der Waals surface area contributed by atoms with Crippen LogP contribution in [0, 0.1) is 17.7 Å². The summed E-state index contributed by atoms with van der Waals surface area (Å²) in [6.07, 6.45) is 1.25. The van der Waals surface area contributed by atoms with Crippen LogP contribution in [-0.4, -0.2) is 9.55 Å². The highest BCUT2D eigenvalue weighted by Gasteiger charge is 2.33. The molecule has 0 bridgehead atoms. The second kappa shape index (κ2) is 3.98. The largest absolute Gasteiger partial charge is 0.327 e. The Bertz CT molecular complexity index is 564. The van der Waals surface area contributed by atoms with Crippen LogP contribution in [0.3, 0.4) is 0 Å². The van der Waals surface area contributed by atoms with Crippen LogP contribution in [0.25, 0.3) is 11.0 Å². The highest BCUT2D eigenvalue weighted by molar-refractivity contribution is 6.16. The Kier molecular flexibility index (Phi) is 2.58. The van der Waals surface area contributed by atoms with Crippen molar-refractivity contribution < 1.29 is 4.39 Å². The minimum Gasteiger partial charge on any atom is -0.327 e. The number of imidazole rings is 1. The van der Waals surface area contributed by atoms with Crippen molar-refractivity contribution in [3.63, 3.8) is 0 Å². The number of fused-ring (bicyclic) bond motifs is 1. The van der Waals surface area contributed by atoms with E-state index in [1.54, 1.807) is 12.1 Å². The van der Waals surface area contributed by atoms with E-state index in [2.05, 4.69) is 16.5 Å². The van der Waals surface area contributed by atoms with Gasteiger partial charge in [-0.3, -0.25) is 0 Å². The van der Waals surface area contributed by atoms with Gasteiger partial charge in [-0.25, -0.2) is 9.37 Å². The van der Waals surface area contributed by atoms with Gasteiger partial charge in [0.2, 0.25) is 0 Å². The summed E-state index contributed by atoms with van der Waals surface area (Å²) in [7, 11) is 0. The highest BCUT2D eigenvalue weighted by atomic mass is 35.5. The summed E-state index contributed by atoms with van der Waals surface area (Å²) >= 11 is 5.91. The van der Waals surface area contributed by atoms with Gasteiger partial charge in [0.1, 0.15) is 11.6 Å². The first-order valence-electron chi connectivity index (χ1n) is 5.89. The maximum atomic E-state index is 13.3. The van der Waals surface area contributed by atoms with Crippen LogP contribution in [0.15, 0.2) is 18.2 Å². The van der Waals surface area contributed by atoms with E-state index in [9.17, 15) is 4.39 Å². The lowest BCUT2D eigenvalue weighted by Crippen LogP contribution is -2.04. The monoisotopic (exact) mass is 252 g/mol. The third-order valence-electron chi connectivity index (χ3n) is 3.60. The first-order chi connectivity index (χ1) is 8.19. The van der Waals surface area contributed by atoms with E-state index >= 15 is 0 Å². The fourth-order valence-corrected chi connectivity index (χ4v) is 2.54. The Morgan fingerprint density at radius 1 is 1.53 bits per heavy atom. The molecule has 1 aliphatic rings. The molecule has 2 unspecified atom stereocenters. The smallest absolute Gasteiger partial charge is 0.125 e. The van der Waals surface area contributed by atoms with Crippen molar-refractivity contribution >= 4 is 22.6 Å². The molecule has 0 amide bonds. The first-order valence-corrected chi connectivity index (χ1v) is 6.43. The molecule has 90 valence electrons. The quantitative estimate of drug-likeness (QED) is 0.764. The van der Waals surface area contributed by atoms with Crippen molar-refractivity contribution in [2.24, 2.45) is 11.8 Å². The SMILES string of the molecule is CC1CC1Cn1c(CCl)nc2ccc(F)cc21. The number of hydrogen-bond donors (Lipinski definition) is 0. The molecule has 1 aromatic carbocycles. The van der Waals surface area contributed by atoms with E-state index in [1.165, 1.54) is 12.5 Å². The Hall–Kier alpha value is -1.09. The Labute approximate surface area is 104 Å². The predicted molar refractivity (Wildman–Crippen MR) is 66.5 cm³/mol. The zero-order chi connectivity index (χ0) is 12.0. The van der Waals surface area contributed by atoms with Crippen LogP contribution in [0.4, 0.5) is 4.39 Å². The number of nitrogens with zero attached hydrogens (tertiary/aromatic N) is 2. The van der Waals surface area contributed by atoms with Gasteiger partial charge in [-0.2, -0.15) is 0 Å². The summed E-state index contributed by atoms with van der Waals surface area (Å²) in [6.45, 7) is 3.15. The zero-order valence-corrected chi connectivity index (χ0v) is 10.4. The second-order valence-corrected chi connectivity index (χ2v) is 5.15. The lowest BCUT2D eigenvalue weighted by Gasteiger charge is -2.06. The molecule has 2 nitrogen and oxygen atoms in total. The molecule has 4 heteroatoms. The fraction of sp³-hybridized carbons (Fsp3) is 0.462. The van der Waals surface area contributed by atoms with Crippen molar-refractivity contribution in [3.8, 4) is 0 Å². The van der Waals surface area contributed by atoms with Crippen LogP contribution in [-0.2, 0) is 12.4 Å². The molecule has 0 aliphatic heterocycles. The van der Waals surface area contributed by atoms with Gasteiger partial charge >= 0.3 is 0 Å². The molecule has 1 aromatic heterocycles. The van der Waals surface area contributed by atoms with Gasteiger partial charge < -0.3 is 4.57 Å². The molecule has 1 saturated carbocycles. The summed E-state index contributed by atoms with van der Waals surface area (Å²) in [4.78, 5) is 4.44. The maximum absolute atomic E-state index is 13.3. The van der Waals surface area contributed by atoms with Crippen LogP contribution < -0.4 is 0 Å². The molecule has 1 heterocycles. The number of halogens is 2. The normalized spacial score (nSPS) is 23.2. The third kappa shape index (κ3) is 1.93. The number of benzene rings is 1. The van der Waals surface area contributed by atoms with Gasteiger partial charge in [-0.15, -0.1) is 11.6 Å². The highest BCUT2D eigenvalue weighted by Crippen LogP contribution is 2.40. The molecule has 1 aliphatic carbocycles. The average Bonchev–Trinajstić information content (AvgIpc) is 2.89. The van der Waals surface area contributed by atoms with Gasteiger partial charge in [-0.05, 0) is 36.5 Å². The molecular formula is C13H14ClFN2. The molecule has 17 heavy (non-hydrogen) atoms. The molecule has 1 fully saturated rings. The molecule has 2 aromatic rings. The topological polar surface area (TPSA) is 17.8 Å². The molecule has 0 N–H and O–H groups in total. The number of alkyl halides is 1. The fourth-order valence-electron chi connectivity index (χ4n) is 2.34. The van der Waals surface area contributed by atoms with Crippen molar-refractivity contribution in [1.29, 1.82) is 0 Å². The van der Waals surface area contributed by atoms with Gasteiger partial charge in [0.15, 0.2) is 0 Å². The Morgan fingerprint density at radius 2 is 2.29 bits per heavy atom. The minimum absolute atomic E-state index is 0.219. The molecular weight excluding hydrogens is 239 g/mol. The summed E-state index contributed by atoms with van der Waals surface area (Å²) < 4.78 is 15.4. The minimum atomic E-state index is -0.219. The van der Waals surface area contributed by atoms with E-state index in [-0.39, 0.29) is 5.82 Å². The van der Waals surface area contributed by atoms with Crippen LogP contribution >= 0.6 is 11.6 Å². The van der Waals surface area contributed by atoms with Gasteiger partial charge in [0, 0.05) is 6.54 Å². The molecule has 0 saturated heterocycles. The number of aromatic nitrogens is 2. The standard InChI is InChI=1S/C13H14ClFN2/c1-8-4-9(8)7-17-12-5-10(15)2-3-11(12)16-13(17)6-14/h2-3,5,8-9H,4,6-7H2,1H3. The molecule has 0 radical (unpaired) electrons. The van der Waals surface area contributed by atoms with E-state index in [1.807, 2.05) is 0 Å². The van der Waals surface area contributed by atoms with Crippen LogP contribution in [0.5, 0.6) is 0 Å². The second-order valence-electron chi connectivity index (χ2n) is 4.88. The predicted octanol–water partition coefficient (Wildman–Crippen LogP) is 3.57. The molecule has 0 spiro atoms. The Balaban J connectivity index is 2.08. The summed E-state index contributed by atoms with van der Waals surface area (Å²) in [5.41, 5.74) is 1.69. The summed E-state index contributed by atoms with van der Waals surface area (Å²) in [5.74, 6) is 2.45. The van der Waals surface area contributed by atoms with Crippen molar-refractivity contribution in [2.45, 2.75) is 25.8 Å². The van der Waals surface area contributed by atoms with E-state index < -0.39 is 0 Å². The molecule has 2 atom stereocenters. The van der Waals surface area contributed by atoms with Gasteiger partial charge in [0.05, 0.1) is 16.9 Å². The zero-order valence-electron chi connectivity index (χ0n) is 9.66. The average molecular weight is 253 g/mol. The van der Waals surface area contributed by atoms with E-state index in [4.69, 9.17) is 11.6 Å². The Morgan fingerprint density at radius 3 is 2.94 bits per heavy atom. The summed E-state index contributed by atoms with van der Waals surface area (Å²) in [6, 6.07) is 4.70. The van der Waals surface area contributed by atoms with Crippen LogP contribution in [0.1, 0.15) is 19.2 Å². The van der Waals surface area contributed by atoms with Crippen molar-refractivity contribution in [3.05, 3.63) is 29.8 Å². The van der Waals surface area contributed by atoms with Gasteiger partial charge in [-0.1, -0.05) is 6.92 Å².